The van der Waals surface area contributed by atoms with Gasteiger partial charge in [-0.2, -0.15) is 0 Å². The third kappa shape index (κ3) is 1.26. The van der Waals surface area contributed by atoms with E-state index >= 15 is 0 Å². The molecule has 0 aliphatic carbocycles. The van der Waals surface area contributed by atoms with Gasteiger partial charge in [-0.15, -0.1) is 0 Å². The van der Waals surface area contributed by atoms with Crippen LogP contribution < -0.4 is 8.11 Å². The summed E-state index contributed by atoms with van der Waals surface area (Å²) in [5.74, 6) is 0. The molecule has 2 nitrogen and oxygen atoms in total. The first-order valence-electron chi connectivity index (χ1n) is 3.70. The maximum Gasteiger partial charge on any atom is 0.288 e. The van der Waals surface area contributed by atoms with Gasteiger partial charge in [0.05, 0.1) is 18.8 Å². The maximum atomic E-state index is 11.1. The molecule has 70 valence electrons. The van der Waals surface area contributed by atoms with Crippen LogP contribution in [0.1, 0.15) is 0 Å². The molecule has 14 heavy (non-hydrogen) atoms. The fourth-order valence-electron chi connectivity index (χ4n) is 1.24. The molecule has 0 atom stereocenters. The first kappa shape index (κ1) is 8.72. The van der Waals surface area contributed by atoms with Crippen LogP contribution in [0.2, 0.25) is 0 Å². The van der Waals surface area contributed by atoms with E-state index in [-0.39, 0.29) is 8.11 Å². The number of rotatable bonds is 0. The lowest BCUT2D eigenvalue weighted by Crippen LogP contribution is -1.73. The van der Waals surface area contributed by atoms with E-state index in [1.807, 2.05) is 12.1 Å². The molecule has 2 heterocycles. The molecule has 0 N–H and O–H groups in total. The molecule has 0 radical (unpaired) electrons. The summed E-state index contributed by atoms with van der Waals surface area (Å²) in [5.41, 5.74) is 0. The van der Waals surface area contributed by atoms with Crippen molar-refractivity contribution in [1.29, 1.82) is 0 Å². The van der Waals surface area contributed by atoms with Gasteiger partial charge in [-0.25, -0.2) is 0 Å². The van der Waals surface area contributed by atoms with Crippen molar-refractivity contribution in [2.24, 2.45) is 0 Å². The second-order valence-corrected chi connectivity index (χ2v) is 7.23. The quantitative estimate of drug-likeness (QED) is 0.621. The van der Waals surface area contributed by atoms with Crippen LogP contribution in [0.5, 0.6) is 0 Å². The van der Waals surface area contributed by atoms with Crippen LogP contribution in [0.25, 0.3) is 18.8 Å². The molecule has 0 fully saturated rings. The molecule has 3 aromatic rings. The predicted octanol–water partition coefficient (Wildman–Crippen LogP) is 2.96. The number of benzene rings is 1. The van der Waals surface area contributed by atoms with Gasteiger partial charge in [0.15, 0.2) is 0 Å². The molecule has 1 aromatic carbocycles. The summed E-state index contributed by atoms with van der Waals surface area (Å²) in [6.07, 6.45) is 0. The Balaban J connectivity index is 2.61. The summed E-state index contributed by atoms with van der Waals surface area (Å²) in [7, 11) is 0. The molecule has 0 spiro atoms. The van der Waals surface area contributed by atoms with E-state index in [0.717, 1.165) is 18.8 Å². The van der Waals surface area contributed by atoms with Gasteiger partial charge in [0.2, 0.25) is 0 Å². The lowest BCUT2D eigenvalue weighted by Gasteiger charge is -1.86. The minimum absolute atomic E-state index is 0.116. The minimum atomic E-state index is 0.116. The molecule has 3 rings (SSSR count). The Morgan fingerprint density at radius 1 is 0.643 bits per heavy atom. The Bertz CT molecular complexity index is 610. The zero-order chi connectivity index (χ0) is 9.71. The maximum absolute atomic E-state index is 11.1. The lowest BCUT2D eigenvalue weighted by atomic mass is 10.4. The van der Waals surface area contributed by atoms with E-state index in [2.05, 4.69) is 0 Å². The molecule has 0 aliphatic rings. The van der Waals surface area contributed by atoms with E-state index in [9.17, 15) is 9.59 Å². The Morgan fingerprint density at radius 3 is 1.21 bits per heavy atom. The van der Waals surface area contributed by atoms with Crippen molar-refractivity contribution >= 4 is 64.1 Å². The summed E-state index contributed by atoms with van der Waals surface area (Å²) >= 11 is 4.99. The van der Waals surface area contributed by atoms with Crippen LogP contribution in [0, 0.1) is 0 Å². The van der Waals surface area contributed by atoms with E-state index in [0.29, 0.717) is 0 Å². The Morgan fingerprint density at radius 2 is 0.929 bits per heavy atom. The van der Waals surface area contributed by atoms with Crippen molar-refractivity contribution < 1.29 is 0 Å². The van der Waals surface area contributed by atoms with E-state index < -0.39 is 0 Å². The van der Waals surface area contributed by atoms with Gasteiger partial charge in [0.25, 0.3) is 8.11 Å². The molecule has 0 aliphatic heterocycles. The number of hydrogen-bond donors (Lipinski definition) is 0. The van der Waals surface area contributed by atoms with Crippen molar-refractivity contribution in [3.05, 3.63) is 29.8 Å². The van der Waals surface area contributed by atoms with Crippen molar-refractivity contribution in [1.82, 2.24) is 0 Å². The highest BCUT2D eigenvalue weighted by atomic mass is 32.2. The summed E-state index contributed by atoms with van der Waals surface area (Å²) in [4.78, 5) is 22.3. The number of hydrogen-bond acceptors (Lipinski definition) is 6. The molecular formula is C8H2O2S4. The van der Waals surface area contributed by atoms with Crippen molar-refractivity contribution in [2.45, 2.75) is 0 Å². The van der Waals surface area contributed by atoms with Gasteiger partial charge < -0.3 is 0 Å². The first-order valence-corrected chi connectivity index (χ1v) is 6.96. The minimum Gasteiger partial charge on any atom is -0.265 e. The molecule has 6 heteroatoms. The second-order valence-electron chi connectivity index (χ2n) is 2.65. The first-order chi connectivity index (χ1) is 6.72. The van der Waals surface area contributed by atoms with Crippen molar-refractivity contribution in [3.63, 3.8) is 0 Å². The highest BCUT2D eigenvalue weighted by Gasteiger charge is 2.05. The van der Waals surface area contributed by atoms with Gasteiger partial charge in [0.1, 0.15) is 0 Å². The van der Waals surface area contributed by atoms with Crippen LogP contribution >= 0.6 is 45.3 Å². The molecule has 0 unspecified atom stereocenters. The Hall–Kier alpha value is -0.560. The SMILES string of the molecule is O=c1sc2cc3sc(=O)sc3cc2s1. The zero-order valence-corrected chi connectivity index (χ0v) is 9.87. The van der Waals surface area contributed by atoms with Crippen molar-refractivity contribution in [2.75, 3.05) is 0 Å². The van der Waals surface area contributed by atoms with Gasteiger partial charge in [0, 0.05) is 0 Å². The molecule has 0 saturated heterocycles. The summed E-state index contributed by atoms with van der Waals surface area (Å²) in [6, 6.07) is 3.88. The third-order valence-corrected chi connectivity index (χ3v) is 5.94. The largest absolute Gasteiger partial charge is 0.288 e. The Kier molecular flexibility index (Phi) is 1.85. The standard InChI is InChI=1S/C8H2O2S4/c9-7-11-3-1-4-6(2-5(3)13-7)14-8(10)12-4/h1-2H. The molecular weight excluding hydrogens is 256 g/mol. The zero-order valence-electron chi connectivity index (χ0n) is 6.60. The van der Waals surface area contributed by atoms with Gasteiger partial charge in [-0.1, -0.05) is 45.3 Å². The fraction of sp³-hybridized carbons (Fsp3) is 0. The third-order valence-electron chi connectivity index (χ3n) is 1.78. The molecule has 0 amide bonds. The van der Waals surface area contributed by atoms with E-state index in [1.165, 1.54) is 45.3 Å². The van der Waals surface area contributed by atoms with Crippen LogP contribution in [0.3, 0.4) is 0 Å². The highest BCUT2D eigenvalue weighted by Crippen LogP contribution is 2.30. The van der Waals surface area contributed by atoms with Gasteiger partial charge in [-0.3, -0.25) is 9.59 Å². The van der Waals surface area contributed by atoms with Crippen LogP contribution in [0.15, 0.2) is 21.7 Å². The predicted molar refractivity (Wildman–Crippen MR) is 65.5 cm³/mol. The molecule has 0 saturated carbocycles. The van der Waals surface area contributed by atoms with Crippen molar-refractivity contribution in [3.8, 4) is 0 Å². The summed E-state index contributed by atoms with van der Waals surface area (Å²) < 4.78 is 4.18. The lowest BCUT2D eigenvalue weighted by molar-refractivity contribution is 2.21. The monoisotopic (exact) mass is 258 g/mol. The van der Waals surface area contributed by atoms with Crippen LogP contribution in [-0.4, -0.2) is 0 Å². The van der Waals surface area contributed by atoms with Gasteiger partial charge in [-0.05, 0) is 12.1 Å². The van der Waals surface area contributed by atoms with Crippen LogP contribution in [0.4, 0.5) is 0 Å². The Labute approximate surface area is 93.7 Å². The van der Waals surface area contributed by atoms with Crippen LogP contribution in [-0.2, 0) is 0 Å². The number of fused-ring (bicyclic) bond motifs is 2. The van der Waals surface area contributed by atoms with E-state index in [4.69, 9.17) is 0 Å². The molecule has 0 bridgehead atoms. The smallest absolute Gasteiger partial charge is 0.265 e. The fourth-order valence-corrected chi connectivity index (χ4v) is 5.37. The average Bonchev–Trinajstić information content (AvgIpc) is 2.59. The van der Waals surface area contributed by atoms with Gasteiger partial charge >= 0.3 is 0 Å². The highest BCUT2D eigenvalue weighted by molar-refractivity contribution is 7.38. The summed E-state index contributed by atoms with van der Waals surface area (Å²) in [6.45, 7) is 0. The van der Waals surface area contributed by atoms with E-state index in [1.54, 1.807) is 0 Å². The molecule has 2 aromatic heterocycles. The summed E-state index contributed by atoms with van der Waals surface area (Å²) in [5, 5.41) is 0. The topological polar surface area (TPSA) is 34.1 Å². The average molecular weight is 258 g/mol. The second kappa shape index (κ2) is 2.96. The normalized spacial score (nSPS) is 11.4.